The highest BCUT2D eigenvalue weighted by Crippen LogP contribution is 2.31. The Morgan fingerprint density at radius 3 is 2.60 bits per heavy atom. The first kappa shape index (κ1) is 15.0. The van der Waals surface area contributed by atoms with Crippen LogP contribution >= 0.6 is 0 Å². The molecule has 1 atom stereocenters. The van der Waals surface area contributed by atoms with Crippen molar-refractivity contribution >= 4 is 5.97 Å². The second-order valence-electron chi connectivity index (χ2n) is 5.52. The van der Waals surface area contributed by atoms with E-state index in [1.54, 1.807) is 6.07 Å². The van der Waals surface area contributed by atoms with Crippen LogP contribution in [-0.2, 0) is 4.79 Å². The van der Waals surface area contributed by atoms with Crippen LogP contribution in [0.15, 0.2) is 24.3 Å². The topological polar surface area (TPSA) is 40.5 Å². The van der Waals surface area contributed by atoms with Gasteiger partial charge in [-0.05, 0) is 44.3 Å². The summed E-state index contributed by atoms with van der Waals surface area (Å²) in [5.74, 6) is -0.599. The maximum Gasteiger partial charge on any atom is 0.303 e. The number of carboxylic acids is 1. The number of hydrogen-bond acceptors (Lipinski definition) is 2. The van der Waals surface area contributed by atoms with E-state index in [0.29, 0.717) is 0 Å². The van der Waals surface area contributed by atoms with Crippen molar-refractivity contribution in [3.63, 3.8) is 0 Å². The van der Waals surface area contributed by atoms with Crippen LogP contribution in [0.2, 0.25) is 0 Å². The van der Waals surface area contributed by atoms with Gasteiger partial charge in [0.25, 0.3) is 0 Å². The summed E-state index contributed by atoms with van der Waals surface area (Å²) in [4.78, 5) is 13.0. The average molecular weight is 279 g/mol. The molecule has 1 aliphatic heterocycles. The largest absolute Gasteiger partial charge is 0.481 e. The maximum absolute atomic E-state index is 13.9. The first-order valence-electron chi connectivity index (χ1n) is 7.32. The third kappa shape index (κ3) is 3.57. The van der Waals surface area contributed by atoms with Crippen molar-refractivity contribution in [2.75, 3.05) is 13.1 Å². The lowest BCUT2D eigenvalue weighted by Crippen LogP contribution is -2.37. The Morgan fingerprint density at radius 1 is 1.40 bits per heavy atom. The van der Waals surface area contributed by atoms with Crippen molar-refractivity contribution in [1.82, 2.24) is 4.90 Å². The fraction of sp³-hybridized carbons (Fsp3) is 0.562. The van der Waals surface area contributed by atoms with Crippen molar-refractivity contribution < 1.29 is 14.3 Å². The molecule has 0 saturated carbocycles. The standard InChI is InChI=1S/C16H22FNO2/c1-2-15(13-5-3-4-6-14(13)17)18-9-7-12(8-10-18)11-16(19)20/h3-6,12,15H,2,7-11H2,1H3,(H,19,20). The molecule has 1 aliphatic rings. The van der Waals surface area contributed by atoms with Gasteiger partial charge in [-0.25, -0.2) is 4.39 Å². The molecule has 2 rings (SSSR count). The predicted octanol–water partition coefficient (Wildman–Crippen LogP) is 3.46. The monoisotopic (exact) mass is 279 g/mol. The zero-order valence-electron chi connectivity index (χ0n) is 11.9. The van der Waals surface area contributed by atoms with Crippen molar-refractivity contribution in [3.8, 4) is 0 Å². The zero-order chi connectivity index (χ0) is 14.5. The van der Waals surface area contributed by atoms with Gasteiger partial charge in [-0.2, -0.15) is 0 Å². The summed E-state index contributed by atoms with van der Waals surface area (Å²) >= 11 is 0. The van der Waals surface area contributed by atoms with Crippen LogP contribution in [0, 0.1) is 11.7 Å². The minimum atomic E-state index is -0.718. The summed E-state index contributed by atoms with van der Waals surface area (Å²) in [6.45, 7) is 3.77. The molecule has 20 heavy (non-hydrogen) atoms. The average Bonchev–Trinajstić information content (AvgIpc) is 2.43. The Hall–Kier alpha value is -1.42. The number of nitrogens with zero attached hydrogens (tertiary/aromatic N) is 1. The Morgan fingerprint density at radius 2 is 2.05 bits per heavy atom. The lowest BCUT2D eigenvalue weighted by atomic mass is 9.91. The molecule has 0 bridgehead atoms. The van der Waals surface area contributed by atoms with Gasteiger partial charge in [0.05, 0.1) is 0 Å². The summed E-state index contributed by atoms with van der Waals surface area (Å²) in [6.07, 6.45) is 2.89. The molecule has 1 aromatic carbocycles. The van der Waals surface area contributed by atoms with E-state index in [1.165, 1.54) is 6.07 Å². The van der Waals surface area contributed by atoms with E-state index < -0.39 is 5.97 Å². The Kier molecular flexibility index (Phi) is 5.12. The number of carbonyl (C=O) groups is 1. The highest BCUT2D eigenvalue weighted by molar-refractivity contribution is 5.67. The van der Waals surface area contributed by atoms with Crippen LogP contribution in [0.1, 0.15) is 44.2 Å². The minimum absolute atomic E-state index is 0.0991. The molecule has 0 spiro atoms. The van der Waals surface area contributed by atoms with Gasteiger partial charge in [-0.15, -0.1) is 0 Å². The summed E-state index contributed by atoms with van der Waals surface area (Å²) < 4.78 is 13.9. The van der Waals surface area contributed by atoms with Crippen molar-refractivity contribution in [2.45, 2.75) is 38.6 Å². The molecule has 1 aromatic rings. The highest BCUT2D eigenvalue weighted by atomic mass is 19.1. The molecule has 1 heterocycles. The second-order valence-corrected chi connectivity index (χ2v) is 5.52. The van der Waals surface area contributed by atoms with Crippen LogP contribution in [0.5, 0.6) is 0 Å². The Labute approximate surface area is 119 Å². The summed E-state index contributed by atoms with van der Waals surface area (Å²) in [6, 6.07) is 7.05. The van der Waals surface area contributed by atoms with Crippen molar-refractivity contribution in [1.29, 1.82) is 0 Å². The summed E-state index contributed by atoms with van der Waals surface area (Å²) in [7, 11) is 0. The number of benzene rings is 1. The van der Waals surface area contributed by atoms with E-state index in [0.717, 1.165) is 37.9 Å². The van der Waals surface area contributed by atoms with Gasteiger partial charge in [0.2, 0.25) is 0 Å². The molecule has 1 unspecified atom stereocenters. The fourth-order valence-electron chi connectivity index (χ4n) is 3.14. The molecule has 3 nitrogen and oxygen atoms in total. The van der Waals surface area contributed by atoms with E-state index in [2.05, 4.69) is 11.8 Å². The number of carboxylic acid groups (broad SMARTS) is 1. The normalized spacial score (nSPS) is 18.9. The molecule has 0 amide bonds. The number of piperidine rings is 1. The maximum atomic E-state index is 13.9. The van der Waals surface area contributed by atoms with Crippen LogP contribution in [-0.4, -0.2) is 29.1 Å². The van der Waals surface area contributed by atoms with Crippen LogP contribution in [0.4, 0.5) is 4.39 Å². The SMILES string of the molecule is CCC(c1ccccc1F)N1CCC(CC(=O)O)CC1. The smallest absolute Gasteiger partial charge is 0.303 e. The molecular formula is C16H22FNO2. The number of hydrogen-bond donors (Lipinski definition) is 1. The zero-order valence-corrected chi connectivity index (χ0v) is 11.9. The van der Waals surface area contributed by atoms with Crippen molar-refractivity contribution in [2.24, 2.45) is 5.92 Å². The van der Waals surface area contributed by atoms with Crippen molar-refractivity contribution in [3.05, 3.63) is 35.6 Å². The number of rotatable bonds is 5. The van der Waals surface area contributed by atoms with E-state index in [4.69, 9.17) is 5.11 Å². The predicted molar refractivity (Wildman–Crippen MR) is 76.0 cm³/mol. The van der Waals surface area contributed by atoms with Crippen LogP contribution in [0.3, 0.4) is 0 Å². The van der Waals surface area contributed by atoms with Gasteiger partial charge in [0.1, 0.15) is 5.82 Å². The quantitative estimate of drug-likeness (QED) is 0.897. The lowest BCUT2D eigenvalue weighted by molar-refractivity contribution is -0.138. The number of halogens is 1. The molecule has 0 radical (unpaired) electrons. The van der Waals surface area contributed by atoms with E-state index in [9.17, 15) is 9.18 Å². The van der Waals surface area contributed by atoms with Gasteiger partial charge in [0, 0.05) is 18.0 Å². The second kappa shape index (κ2) is 6.84. The van der Waals surface area contributed by atoms with Gasteiger partial charge in [-0.1, -0.05) is 25.1 Å². The summed E-state index contributed by atoms with van der Waals surface area (Å²) in [5.41, 5.74) is 0.756. The third-order valence-corrected chi connectivity index (χ3v) is 4.20. The lowest BCUT2D eigenvalue weighted by Gasteiger charge is -2.37. The summed E-state index contributed by atoms with van der Waals surface area (Å²) in [5, 5.41) is 8.84. The molecule has 1 fully saturated rings. The first-order chi connectivity index (χ1) is 9.61. The minimum Gasteiger partial charge on any atom is -0.481 e. The molecule has 0 aliphatic carbocycles. The molecule has 1 N–H and O–H groups in total. The van der Waals surface area contributed by atoms with Crippen LogP contribution in [0.25, 0.3) is 0 Å². The highest BCUT2D eigenvalue weighted by Gasteiger charge is 2.27. The Balaban J connectivity index is 2.01. The molecule has 1 saturated heterocycles. The molecular weight excluding hydrogens is 257 g/mol. The van der Waals surface area contributed by atoms with Gasteiger partial charge < -0.3 is 5.11 Å². The molecule has 4 heteroatoms. The number of likely N-dealkylation sites (tertiary alicyclic amines) is 1. The van der Waals surface area contributed by atoms with Crippen LogP contribution < -0.4 is 0 Å². The van der Waals surface area contributed by atoms with Gasteiger partial charge >= 0.3 is 5.97 Å². The number of aliphatic carboxylic acids is 1. The Bertz CT molecular complexity index is 456. The van der Waals surface area contributed by atoms with E-state index in [-0.39, 0.29) is 24.2 Å². The third-order valence-electron chi connectivity index (χ3n) is 4.20. The van der Waals surface area contributed by atoms with Gasteiger partial charge in [0.15, 0.2) is 0 Å². The first-order valence-corrected chi connectivity index (χ1v) is 7.32. The molecule has 110 valence electrons. The molecule has 0 aromatic heterocycles. The van der Waals surface area contributed by atoms with E-state index >= 15 is 0 Å². The van der Waals surface area contributed by atoms with E-state index in [1.807, 2.05) is 12.1 Å². The van der Waals surface area contributed by atoms with Gasteiger partial charge in [-0.3, -0.25) is 9.69 Å². The fourth-order valence-corrected chi connectivity index (χ4v) is 3.14.